The Labute approximate surface area is 164 Å². The van der Waals surface area contributed by atoms with Crippen molar-refractivity contribution in [2.45, 2.75) is 25.7 Å². The number of rotatable bonds is 8. The number of hydrogen-bond donors (Lipinski definition) is 1. The van der Waals surface area contributed by atoms with E-state index in [-0.39, 0.29) is 37.0 Å². The number of carbonyl (C=O) groups excluding carboxylic acids is 3. The van der Waals surface area contributed by atoms with Crippen LogP contribution in [0.2, 0.25) is 0 Å². The van der Waals surface area contributed by atoms with Crippen LogP contribution in [-0.4, -0.2) is 72.3 Å². The lowest BCUT2D eigenvalue weighted by Crippen LogP contribution is -2.45. The first-order valence-corrected chi connectivity index (χ1v) is 9.23. The summed E-state index contributed by atoms with van der Waals surface area (Å²) in [6.07, 6.45) is 0.938. The molecule has 1 fully saturated rings. The van der Waals surface area contributed by atoms with Crippen molar-refractivity contribution in [2.24, 2.45) is 5.92 Å². The first kappa shape index (κ1) is 21.4. The predicted octanol–water partition coefficient (Wildman–Crippen LogP) is 1.44. The minimum atomic E-state index is -0.832. The molecule has 8 heteroatoms. The highest BCUT2D eigenvalue weighted by atomic mass is 16.5. The normalized spacial score (nSPS) is 14.4. The Morgan fingerprint density at radius 1 is 1.11 bits per heavy atom. The van der Waals surface area contributed by atoms with E-state index in [1.54, 1.807) is 36.3 Å². The number of ketones is 1. The molecule has 0 atom stereocenters. The van der Waals surface area contributed by atoms with Crippen LogP contribution in [0.25, 0.3) is 0 Å². The van der Waals surface area contributed by atoms with Gasteiger partial charge in [-0.2, -0.15) is 0 Å². The van der Waals surface area contributed by atoms with Gasteiger partial charge in [-0.05, 0) is 37.1 Å². The highest BCUT2D eigenvalue weighted by Crippen LogP contribution is 2.18. The number of piperidine rings is 1. The third kappa shape index (κ3) is 5.80. The van der Waals surface area contributed by atoms with E-state index in [0.717, 1.165) is 0 Å². The van der Waals surface area contributed by atoms with Crippen LogP contribution in [0.1, 0.15) is 36.0 Å². The van der Waals surface area contributed by atoms with E-state index in [1.807, 2.05) is 0 Å². The fraction of sp³-hybridized carbons (Fsp3) is 0.500. The number of likely N-dealkylation sites (N-methyl/N-ethyl adjacent to an activating group) is 1. The van der Waals surface area contributed by atoms with Crippen LogP contribution in [0.4, 0.5) is 0 Å². The van der Waals surface area contributed by atoms with Gasteiger partial charge in [-0.25, -0.2) is 0 Å². The average Bonchev–Trinajstić information content (AvgIpc) is 2.71. The zero-order chi connectivity index (χ0) is 20.7. The smallest absolute Gasteiger partial charge is 0.306 e. The molecule has 0 unspecified atom stereocenters. The molecule has 0 spiro atoms. The number of Topliss-reactive ketones (excluding diaryl/α,β-unsaturated/α-hetero) is 1. The summed E-state index contributed by atoms with van der Waals surface area (Å²) in [7, 11) is 3.07. The Morgan fingerprint density at radius 2 is 1.71 bits per heavy atom. The molecule has 0 bridgehead atoms. The summed E-state index contributed by atoms with van der Waals surface area (Å²) in [5.74, 6) is -1.23. The number of methoxy groups -OCH3 is 1. The summed E-state index contributed by atoms with van der Waals surface area (Å²) in [5.41, 5.74) is 0.508. The third-order valence-corrected chi connectivity index (χ3v) is 4.97. The van der Waals surface area contributed by atoms with Crippen LogP contribution in [0.15, 0.2) is 24.3 Å². The molecule has 0 radical (unpaired) electrons. The highest BCUT2D eigenvalue weighted by molar-refractivity contribution is 5.98. The van der Waals surface area contributed by atoms with Crippen LogP contribution in [0.3, 0.4) is 0 Å². The van der Waals surface area contributed by atoms with Crippen LogP contribution in [0, 0.1) is 5.92 Å². The van der Waals surface area contributed by atoms with Crippen molar-refractivity contribution < 1.29 is 29.0 Å². The second-order valence-corrected chi connectivity index (χ2v) is 6.89. The SMILES string of the molecule is COc1ccc(C(=O)CCC(=O)N(C)CC(=O)N2CCC(C(=O)O)CC2)cc1. The van der Waals surface area contributed by atoms with Gasteiger partial charge in [0.1, 0.15) is 5.75 Å². The minimum Gasteiger partial charge on any atom is -0.497 e. The molecule has 2 rings (SSSR count). The van der Waals surface area contributed by atoms with E-state index in [0.29, 0.717) is 37.2 Å². The van der Waals surface area contributed by atoms with Gasteiger partial charge in [0.15, 0.2) is 5.78 Å². The number of carboxylic acid groups (broad SMARTS) is 1. The lowest BCUT2D eigenvalue weighted by Gasteiger charge is -2.31. The first-order valence-electron chi connectivity index (χ1n) is 9.23. The monoisotopic (exact) mass is 390 g/mol. The predicted molar refractivity (Wildman–Crippen MR) is 101 cm³/mol. The first-order chi connectivity index (χ1) is 13.3. The van der Waals surface area contributed by atoms with Gasteiger partial charge >= 0.3 is 5.97 Å². The molecule has 1 saturated heterocycles. The number of benzene rings is 1. The van der Waals surface area contributed by atoms with Crippen LogP contribution in [0.5, 0.6) is 5.75 Å². The van der Waals surface area contributed by atoms with Crippen molar-refractivity contribution in [3.63, 3.8) is 0 Å². The zero-order valence-corrected chi connectivity index (χ0v) is 16.2. The van der Waals surface area contributed by atoms with Crippen molar-refractivity contribution in [3.8, 4) is 5.75 Å². The fourth-order valence-electron chi connectivity index (χ4n) is 3.10. The van der Waals surface area contributed by atoms with E-state index in [1.165, 1.54) is 11.9 Å². The molecular formula is C20H26N2O6. The molecular weight excluding hydrogens is 364 g/mol. The molecule has 0 saturated carbocycles. The van der Waals surface area contributed by atoms with Gasteiger partial charge in [0.2, 0.25) is 11.8 Å². The molecule has 1 aliphatic rings. The summed E-state index contributed by atoms with van der Waals surface area (Å²) in [6, 6.07) is 6.68. The molecule has 1 aromatic carbocycles. The van der Waals surface area contributed by atoms with Crippen molar-refractivity contribution in [2.75, 3.05) is 33.8 Å². The number of hydrogen-bond acceptors (Lipinski definition) is 5. The van der Waals surface area contributed by atoms with Gasteiger partial charge < -0.3 is 19.6 Å². The number of ether oxygens (including phenoxy) is 1. The van der Waals surface area contributed by atoms with Gasteiger partial charge in [-0.15, -0.1) is 0 Å². The van der Waals surface area contributed by atoms with Gasteiger partial charge in [0, 0.05) is 38.5 Å². The van der Waals surface area contributed by atoms with E-state index in [9.17, 15) is 19.2 Å². The molecule has 8 nitrogen and oxygen atoms in total. The minimum absolute atomic E-state index is 0.0235. The Hall–Kier alpha value is -2.90. The second-order valence-electron chi connectivity index (χ2n) is 6.89. The number of aliphatic carboxylic acids is 1. The average molecular weight is 390 g/mol. The van der Waals surface area contributed by atoms with Gasteiger partial charge in [-0.1, -0.05) is 0 Å². The Bertz CT molecular complexity index is 723. The number of likely N-dealkylation sites (tertiary alicyclic amines) is 1. The Kier molecular flexibility index (Phi) is 7.54. The molecule has 1 heterocycles. The molecule has 2 amide bonds. The maximum atomic E-state index is 12.3. The fourth-order valence-corrected chi connectivity index (χ4v) is 3.10. The molecule has 0 aliphatic carbocycles. The van der Waals surface area contributed by atoms with Crippen molar-refractivity contribution >= 4 is 23.6 Å². The molecule has 152 valence electrons. The number of carbonyl (C=O) groups is 4. The summed E-state index contributed by atoms with van der Waals surface area (Å²) < 4.78 is 5.05. The molecule has 28 heavy (non-hydrogen) atoms. The lowest BCUT2D eigenvalue weighted by atomic mass is 9.97. The Morgan fingerprint density at radius 3 is 2.25 bits per heavy atom. The maximum absolute atomic E-state index is 12.3. The zero-order valence-electron chi connectivity index (χ0n) is 16.2. The van der Waals surface area contributed by atoms with Gasteiger partial charge in [-0.3, -0.25) is 19.2 Å². The number of amides is 2. The van der Waals surface area contributed by atoms with E-state index in [4.69, 9.17) is 9.84 Å². The summed E-state index contributed by atoms with van der Waals surface area (Å²) in [5, 5.41) is 9.00. The van der Waals surface area contributed by atoms with E-state index in [2.05, 4.69) is 0 Å². The number of nitrogens with zero attached hydrogens (tertiary/aromatic N) is 2. The molecule has 1 aromatic rings. The van der Waals surface area contributed by atoms with Crippen LogP contribution in [-0.2, 0) is 14.4 Å². The second kappa shape index (κ2) is 9.87. The van der Waals surface area contributed by atoms with Crippen LogP contribution < -0.4 is 4.74 Å². The standard InChI is InChI=1S/C20H26N2O6/c1-21(13-19(25)22-11-9-15(10-12-22)20(26)27)18(24)8-7-17(23)14-3-5-16(28-2)6-4-14/h3-6,15H,7-13H2,1-2H3,(H,26,27). The highest BCUT2D eigenvalue weighted by Gasteiger charge is 2.27. The largest absolute Gasteiger partial charge is 0.497 e. The van der Waals surface area contributed by atoms with Crippen molar-refractivity contribution in [3.05, 3.63) is 29.8 Å². The van der Waals surface area contributed by atoms with Crippen LogP contribution >= 0.6 is 0 Å². The molecule has 0 aromatic heterocycles. The number of carboxylic acids is 1. The maximum Gasteiger partial charge on any atom is 0.306 e. The Balaban J connectivity index is 1.76. The molecule has 1 aliphatic heterocycles. The summed E-state index contributed by atoms with van der Waals surface area (Å²) in [6.45, 7) is 0.689. The van der Waals surface area contributed by atoms with Gasteiger partial charge in [0.05, 0.1) is 19.6 Å². The lowest BCUT2D eigenvalue weighted by molar-refractivity contribution is -0.146. The van der Waals surface area contributed by atoms with E-state index >= 15 is 0 Å². The summed E-state index contributed by atoms with van der Waals surface area (Å²) >= 11 is 0. The quantitative estimate of drug-likeness (QED) is 0.674. The van der Waals surface area contributed by atoms with Gasteiger partial charge in [0.25, 0.3) is 0 Å². The summed E-state index contributed by atoms with van der Waals surface area (Å²) in [4.78, 5) is 50.6. The van der Waals surface area contributed by atoms with Crippen molar-refractivity contribution in [1.82, 2.24) is 9.80 Å². The van der Waals surface area contributed by atoms with E-state index < -0.39 is 11.9 Å². The topological polar surface area (TPSA) is 104 Å². The van der Waals surface area contributed by atoms with Crippen molar-refractivity contribution in [1.29, 1.82) is 0 Å². The third-order valence-electron chi connectivity index (χ3n) is 4.97. The molecule has 1 N–H and O–H groups in total.